The van der Waals surface area contributed by atoms with Crippen molar-refractivity contribution in [3.63, 3.8) is 0 Å². The average Bonchev–Trinajstić information content (AvgIpc) is 2.79. The Hall–Kier alpha value is -2.13. The number of rotatable bonds is 1. The molecule has 2 heterocycles. The highest BCUT2D eigenvalue weighted by Gasteiger charge is 2.28. The van der Waals surface area contributed by atoms with E-state index in [0.29, 0.717) is 19.0 Å². The van der Waals surface area contributed by atoms with Crippen molar-refractivity contribution in [2.75, 3.05) is 13.1 Å². The van der Waals surface area contributed by atoms with Gasteiger partial charge >= 0.3 is 0 Å². The molecule has 1 saturated heterocycles. The molecule has 0 atom stereocenters. The molecule has 118 valence electrons. The highest BCUT2D eigenvalue weighted by molar-refractivity contribution is 5.81. The molecule has 2 aliphatic heterocycles. The summed E-state index contributed by atoms with van der Waals surface area (Å²) in [4.78, 5) is 15.1. The van der Waals surface area contributed by atoms with E-state index in [1.165, 1.54) is 22.3 Å². The van der Waals surface area contributed by atoms with Crippen molar-refractivity contribution in [1.29, 1.82) is 0 Å². The van der Waals surface area contributed by atoms with Crippen LogP contribution < -0.4 is 5.32 Å². The Morgan fingerprint density at radius 2 is 1.39 bits per heavy atom. The minimum Gasteiger partial charge on any atom is -0.334 e. The lowest BCUT2D eigenvalue weighted by Gasteiger charge is -2.29. The van der Waals surface area contributed by atoms with E-state index in [2.05, 4.69) is 58.7 Å². The number of hydrogen-bond acceptors (Lipinski definition) is 2. The van der Waals surface area contributed by atoms with Crippen molar-refractivity contribution < 1.29 is 4.79 Å². The first-order valence-corrected chi connectivity index (χ1v) is 8.48. The summed E-state index contributed by atoms with van der Waals surface area (Å²) in [6.45, 7) is 3.34. The van der Waals surface area contributed by atoms with Crippen LogP contribution in [-0.2, 0) is 17.9 Å². The van der Waals surface area contributed by atoms with Crippen LogP contribution in [0.1, 0.15) is 24.0 Å². The fourth-order valence-electron chi connectivity index (χ4n) is 3.79. The first kappa shape index (κ1) is 14.5. The third-order valence-electron chi connectivity index (χ3n) is 5.05. The standard InChI is InChI=1S/C20H22N2O/c23-20(15-9-11-21-12-10-15)22-13-16-5-1-3-7-18(16)19-8-4-2-6-17(19)14-22/h1-8,15,21H,9-14H2. The van der Waals surface area contributed by atoms with Gasteiger partial charge in [-0.25, -0.2) is 0 Å². The SMILES string of the molecule is O=C(C1CCNCC1)N1Cc2ccccc2-c2ccccc2C1. The lowest BCUT2D eigenvalue weighted by molar-refractivity contribution is -0.137. The van der Waals surface area contributed by atoms with Gasteiger partial charge in [-0.05, 0) is 48.2 Å². The number of hydrogen-bond donors (Lipinski definition) is 1. The maximum absolute atomic E-state index is 13.0. The molecule has 2 aromatic carbocycles. The molecule has 2 aliphatic rings. The Kier molecular flexibility index (Phi) is 3.88. The van der Waals surface area contributed by atoms with Gasteiger partial charge in [0.2, 0.25) is 5.91 Å². The Labute approximate surface area is 137 Å². The lowest BCUT2D eigenvalue weighted by atomic mass is 9.96. The van der Waals surface area contributed by atoms with E-state index in [0.717, 1.165) is 25.9 Å². The number of piperidine rings is 1. The van der Waals surface area contributed by atoms with Crippen LogP contribution in [0, 0.1) is 5.92 Å². The zero-order valence-corrected chi connectivity index (χ0v) is 13.3. The van der Waals surface area contributed by atoms with Crippen molar-refractivity contribution in [1.82, 2.24) is 10.2 Å². The van der Waals surface area contributed by atoms with E-state index < -0.39 is 0 Å². The topological polar surface area (TPSA) is 32.3 Å². The Bertz CT molecular complexity index is 672. The second-order valence-electron chi connectivity index (χ2n) is 6.53. The molecule has 1 fully saturated rings. The van der Waals surface area contributed by atoms with Gasteiger partial charge in [-0.1, -0.05) is 48.5 Å². The van der Waals surface area contributed by atoms with Crippen LogP contribution in [0.5, 0.6) is 0 Å². The first-order valence-electron chi connectivity index (χ1n) is 8.48. The molecule has 0 bridgehead atoms. The summed E-state index contributed by atoms with van der Waals surface area (Å²) in [6, 6.07) is 17.0. The van der Waals surface area contributed by atoms with Crippen molar-refractivity contribution in [2.45, 2.75) is 25.9 Å². The number of amides is 1. The van der Waals surface area contributed by atoms with Crippen LogP contribution in [-0.4, -0.2) is 23.9 Å². The second kappa shape index (κ2) is 6.17. The number of carbonyl (C=O) groups excluding carboxylic acids is 1. The van der Waals surface area contributed by atoms with Gasteiger partial charge in [0, 0.05) is 19.0 Å². The molecule has 1 N–H and O–H groups in total. The summed E-state index contributed by atoms with van der Waals surface area (Å²) in [7, 11) is 0. The van der Waals surface area contributed by atoms with Crippen LogP contribution in [0.4, 0.5) is 0 Å². The number of nitrogens with zero attached hydrogens (tertiary/aromatic N) is 1. The number of benzene rings is 2. The highest BCUT2D eigenvalue weighted by atomic mass is 16.2. The molecular weight excluding hydrogens is 284 g/mol. The third-order valence-corrected chi connectivity index (χ3v) is 5.05. The van der Waals surface area contributed by atoms with Crippen LogP contribution >= 0.6 is 0 Å². The summed E-state index contributed by atoms with van der Waals surface area (Å²) < 4.78 is 0. The van der Waals surface area contributed by atoms with E-state index in [1.807, 2.05) is 0 Å². The van der Waals surface area contributed by atoms with Gasteiger partial charge in [0.1, 0.15) is 0 Å². The second-order valence-corrected chi connectivity index (χ2v) is 6.53. The van der Waals surface area contributed by atoms with Crippen molar-refractivity contribution in [2.24, 2.45) is 5.92 Å². The van der Waals surface area contributed by atoms with Gasteiger partial charge in [0.05, 0.1) is 0 Å². The Morgan fingerprint density at radius 1 is 0.870 bits per heavy atom. The molecule has 1 amide bonds. The smallest absolute Gasteiger partial charge is 0.226 e. The fraction of sp³-hybridized carbons (Fsp3) is 0.350. The molecule has 0 unspecified atom stereocenters. The lowest BCUT2D eigenvalue weighted by Crippen LogP contribution is -2.40. The molecular formula is C20H22N2O. The monoisotopic (exact) mass is 306 g/mol. The maximum Gasteiger partial charge on any atom is 0.226 e. The van der Waals surface area contributed by atoms with Gasteiger partial charge < -0.3 is 10.2 Å². The van der Waals surface area contributed by atoms with Crippen LogP contribution in [0.2, 0.25) is 0 Å². The molecule has 2 aromatic rings. The maximum atomic E-state index is 13.0. The molecule has 0 aromatic heterocycles. The summed E-state index contributed by atoms with van der Waals surface area (Å²) in [5.41, 5.74) is 5.03. The fourth-order valence-corrected chi connectivity index (χ4v) is 3.79. The summed E-state index contributed by atoms with van der Waals surface area (Å²) in [5.74, 6) is 0.492. The highest BCUT2D eigenvalue weighted by Crippen LogP contribution is 2.33. The van der Waals surface area contributed by atoms with Crippen molar-refractivity contribution >= 4 is 5.91 Å². The zero-order chi connectivity index (χ0) is 15.6. The largest absolute Gasteiger partial charge is 0.334 e. The van der Waals surface area contributed by atoms with Crippen molar-refractivity contribution in [3.8, 4) is 11.1 Å². The quantitative estimate of drug-likeness (QED) is 0.877. The first-order chi connectivity index (χ1) is 11.3. The third kappa shape index (κ3) is 2.77. The Morgan fingerprint density at radius 3 is 1.96 bits per heavy atom. The average molecular weight is 306 g/mol. The zero-order valence-electron chi connectivity index (χ0n) is 13.3. The summed E-state index contributed by atoms with van der Waals surface area (Å²) in [5, 5.41) is 3.35. The minimum absolute atomic E-state index is 0.175. The van der Waals surface area contributed by atoms with Crippen LogP contribution in [0.15, 0.2) is 48.5 Å². The normalized spacial score (nSPS) is 18.0. The molecule has 4 rings (SSSR count). The van der Waals surface area contributed by atoms with Crippen LogP contribution in [0.25, 0.3) is 11.1 Å². The predicted molar refractivity (Wildman–Crippen MR) is 91.7 cm³/mol. The minimum atomic E-state index is 0.175. The van der Waals surface area contributed by atoms with Gasteiger partial charge in [0.25, 0.3) is 0 Å². The summed E-state index contributed by atoms with van der Waals surface area (Å²) >= 11 is 0. The van der Waals surface area contributed by atoms with Crippen LogP contribution in [0.3, 0.4) is 0 Å². The molecule has 0 saturated carbocycles. The van der Waals surface area contributed by atoms with E-state index in [9.17, 15) is 4.79 Å². The van der Waals surface area contributed by atoms with Gasteiger partial charge in [0.15, 0.2) is 0 Å². The molecule has 23 heavy (non-hydrogen) atoms. The van der Waals surface area contributed by atoms with E-state index in [4.69, 9.17) is 0 Å². The van der Waals surface area contributed by atoms with Crippen molar-refractivity contribution in [3.05, 3.63) is 59.7 Å². The van der Waals surface area contributed by atoms with Gasteiger partial charge in [-0.2, -0.15) is 0 Å². The number of fused-ring (bicyclic) bond motifs is 3. The number of carbonyl (C=O) groups is 1. The van der Waals surface area contributed by atoms with Gasteiger partial charge in [-0.15, -0.1) is 0 Å². The Balaban J connectivity index is 1.70. The number of nitrogens with one attached hydrogen (secondary N) is 1. The van der Waals surface area contributed by atoms with E-state index >= 15 is 0 Å². The molecule has 0 spiro atoms. The predicted octanol–water partition coefficient (Wildman–Crippen LogP) is 3.20. The molecule has 0 radical (unpaired) electrons. The van der Waals surface area contributed by atoms with E-state index in [-0.39, 0.29) is 5.92 Å². The van der Waals surface area contributed by atoms with E-state index in [1.54, 1.807) is 0 Å². The van der Waals surface area contributed by atoms with Gasteiger partial charge in [-0.3, -0.25) is 4.79 Å². The molecule has 3 heteroatoms. The summed E-state index contributed by atoms with van der Waals surface area (Å²) in [6.07, 6.45) is 1.91. The molecule has 3 nitrogen and oxygen atoms in total. The molecule has 0 aliphatic carbocycles.